The molecule has 1 saturated carbocycles. The molecule has 4 heteroatoms. The molecule has 1 aliphatic heterocycles. The monoisotopic (exact) mass is 220 g/mol. The summed E-state index contributed by atoms with van der Waals surface area (Å²) < 4.78 is 13.0. The number of carbonyl (C=O) groups excluding carboxylic acids is 1. The molecule has 1 aromatic rings. The molecule has 1 aromatic carbocycles. The van der Waals surface area contributed by atoms with Gasteiger partial charge in [-0.05, 0) is 24.1 Å². The van der Waals surface area contributed by atoms with Gasteiger partial charge >= 0.3 is 0 Å². The van der Waals surface area contributed by atoms with E-state index in [2.05, 4.69) is 5.43 Å². The second kappa shape index (κ2) is 3.56. The van der Waals surface area contributed by atoms with Crippen LogP contribution in [-0.4, -0.2) is 23.5 Å². The van der Waals surface area contributed by atoms with E-state index >= 15 is 0 Å². The average molecular weight is 220 g/mol. The Bertz CT molecular complexity index is 435. The molecule has 2 aliphatic rings. The van der Waals surface area contributed by atoms with E-state index in [1.807, 2.05) is 11.1 Å². The van der Waals surface area contributed by atoms with Crippen molar-refractivity contribution >= 4 is 5.91 Å². The second-order valence-electron chi connectivity index (χ2n) is 4.44. The molecule has 3 rings (SSSR count). The Kier molecular flexibility index (Phi) is 2.17. The van der Waals surface area contributed by atoms with Crippen molar-refractivity contribution < 1.29 is 9.18 Å². The smallest absolute Gasteiger partial charge is 0.235 e. The fraction of sp³-hybridized carbons (Fsp3) is 0.417. The Morgan fingerprint density at radius 1 is 1.44 bits per heavy atom. The number of hydrogen-bond acceptors (Lipinski definition) is 2. The third-order valence-corrected chi connectivity index (χ3v) is 3.28. The fourth-order valence-electron chi connectivity index (χ4n) is 2.36. The summed E-state index contributed by atoms with van der Waals surface area (Å²) in [6.07, 6.45) is 1.58. The van der Waals surface area contributed by atoms with Crippen molar-refractivity contribution in [2.45, 2.75) is 24.8 Å². The summed E-state index contributed by atoms with van der Waals surface area (Å²) in [6, 6.07) is 7.09. The lowest BCUT2D eigenvalue weighted by atomic mass is 10.1. The van der Waals surface area contributed by atoms with Crippen LogP contribution in [0.3, 0.4) is 0 Å². The quantitative estimate of drug-likeness (QED) is 0.817. The van der Waals surface area contributed by atoms with Crippen LogP contribution in [0.4, 0.5) is 4.39 Å². The fourth-order valence-corrected chi connectivity index (χ4v) is 2.36. The lowest BCUT2D eigenvalue weighted by molar-refractivity contribution is -0.121. The molecular weight excluding hydrogens is 207 g/mol. The molecule has 84 valence electrons. The van der Waals surface area contributed by atoms with Crippen molar-refractivity contribution in [3.8, 4) is 0 Å². The highest BCUT2D eigenvalue weighted by molar-refractivity contribution is 5.77. The van der Waals surface area contributed by atoms with E-state index in [0.29, 0.717) is 18.4 Å². The van der Waals surface area contributed by atoms with Crippen molar-refractivity contribution in [3.63, 3.8) is 0 Å². The summed E-state index contributed by atoms with van der Waals surface area (Å²) in [6.45, 7) is 0.773. The zero-order chi connectivity index (χ0) is 11.1. The minimum absolute atomic E-state index is 0.0879. The number of nitrogens with zero attached hydrogens (tertiary/aromatic N) is 1. The number of halogens is 1. The third kappa shape index (κ3) is 1.69. The van der Waals surface area contributed by atoms with E-state index in [0.717, 1.165) is 18.5 Å². The molecule has 2 unspecified atom stereocenters. The molecule has 0 aromatic heterocycles. The highest BCUT2D eigenvalue weighted by atomic mass is 19.1. The van der Waals surface area contributed by atoms with Crippen LogP contribution in [-0.2, 0) is 4.79 Å². The largest absolute Gasteiger partial charge is 0.289 e. The van der Waals surface area contributed by atoms with Gasteiger partial charge in [-0.1, -0.05) is 12.1 Å². The zero-order valence-electron chi connectivity index (χ0n) is 8.82. The number of hydrazine groups is 1. The van der Waals surface area contributed by atoms with Crippen LogP contribution in [0.15, 0.2) is 24.3 Å². The lowest BCUT2D eigenvalue weighted by Crippen LogP contribution is -2.35. The Balaban J connectivity index is 1.69. The molecule has 0 bridgehead atoms. The molecule has 2 atom stereocenters. The van der Waals surface area contributed by atoms with E-state index in [1.54, 1.807) is 12.1 Å². The van der Waals surface area contributed by atoms with E-state index in [1.165, 1.54) is 6.07 Å². The summed E-state index contributed by atoms with van der Waals surface area (Å²) in [5, 5.41) is 1.98. The van der Waals surface area contributed by atoms with Gasteiger partial charge < -0.3 is 0 Å². The van der Waals surface area contributed by atoms with Crippen molar-refractivity contribution in [2.75, 3.05) is 6.54 Å². The van der Waals surface area contributed by atoms with E-state index in [4.69, 9.17) is 0 Å². The molecule has 1 amide bonds. The third-order valence-electron chi connectivity index (χ3n) is 3.28. The molecule has 16 heavy (non-hydrogen) atoms. The van der Waals surface area contributed by atoms with Crippen LogP contribution in [0.5, 0.6) is 0 Å². The number of amides is 1. The number of nitrogens with one attached hydrogen (secondary N) is 1. The van der Waals surface area contributed by atoms with Gasteiger partial charge in [-0.3, -0.25) is 10.2 Å². The van der Waals surface area contributed by atoms with Gasteiger partial charge in [0.2, 0.25) is 5.91 Å². The first-order chi connectivity index (χ1) is 7.74. The maximum absolute atomic E-state index is 13.0. The van der Waals surface area contributed by atoms with Gasteiger partial charge in [0, 0.05) is 24.9 Å². The minimum atomic E-state index is -0.186. The summed E-state index contributed by atoms with van der Waals surface area (Å²) in [5.74, 6) is 0.271. The molecule has 1 saturated heterocycles. The maximum atomic E-state index is 13.0. The normalized spacial score (nSPS) is 29.2. The number of carbonyl (C=O) groups is 1. The number of hydrogen-bond donors (Lipinski definition) is 1. The highest BCUT2D eigenvalue weighted by Crippen LogP contribution is 2.44. The van der Waals surface area contributed by atoms with E-state index in [-0.39, 0.29) is 11.7 Å². The first kappa shape index (κ1) is 9.78. The van der Waals surface area contributed by atoms with Crippen molar-refractivity contribution in [1.29, 1.82) is 0 Å². The molecule has 0 radical (unpaired) electrons. The van der Waals surface area contributed by atoms with Crippen LogP contribution in [0, 0.1) is 5.82 Å². The second-order valence-corrected chi connectivity index (χ2v) is 4.44. The van der Waals surface area contributed by atoms with Crippen molar-refractivity contribution in [1.82, 2.24) is 10.4 Å². The Morgan fingerprint density at radius 2 is 2.31 bits per heavy atom. The van der Waals surface area contributed by atoms with Crippen LogP contribution < -0.4 is 5.43 Å². The first-order valence-corrected chi connectivity index (χ1v) is 5.55. The van der Waals surface area contributed by atoms with Crippen LogP contribution in [0.25, 0.3) is 0 Å². The van der Waals surface area contributed by atoms with Crippen LogP contribution in [0.1, 0.15) is 24.3 Å². The van der Waals surface area contributed by atoms with Gasteiger partial charge in [0.05, 0.1) is 0 Å². The van der Waals surface area contributed by atoms with Gasteiger partial charge in [0.25, 0.3) is 0 Å². The topological polar surface area (TPSA) is 32.3 Å². The first-order valence-electron chi connectivity index (χ1n) is 5.55. The van der Waals surface area contributed by atoms with Gasteiger partial charge in [0.1, 0.15) is 5.82 Å². The van der Waals surface area contributed by atoms with Crippen LogP contribution in [0.2, 0.25) is 0 Å². The molecule has 0 spiro atoms. The minimum Gasteiger partial charge on any atom is -0.289 e. The standard InChI is InChI=1S/C12H13FN2O/c13-9-3-1-2-8(6-9)10-7-11(10)15-5-4-12(16)14-15/h1-3,6,10-11H,4-5,7H2,(H,14,16). The highest BCUT2D eigenvalue weighted by Gasteiger charge is 2.45. The van der Waals surface area contributed by atoms with E-state index in [9.17, 15) is 9.18 Å². The van der Waals surface area contributed by atoms with E-state index < -0.39 is 0 Å². The average Bonchev–Trinajstić information content (AvgIpc) is 2.95. The predicted molar refractivity (Wildman–Crippen MR) is 57.0 cm³/mol. The molecular formula is C12H13FN2O. The molecule has 1 heterocycles. The SMILES string of the molecule is O=C1CCN(C2CC2c2cccc(F)c2)N1. The number of rotatable bonds is 2. The molecule has 3 nitrogen and oxygen atoms in total. The Labute approximate surface area is 93.2 Å². The van der Waals surface area contributed by atoms with Gasteiger partial charge in [-0.25, -0.2) is 9.40 Å². The van der Waals surface area contributed by atoms with Crippen molar-refractivity contribution in [3.05, 3.63) is 35.6 Å². The van der Waals surface area contributed by atoms with Gasteiger partial charge in [-0.2, -0.15) is 0 Å². The Hall–Kier alpha value is -1.42. The summed E-state index contributed by atoms with van der Waals surface area (Å²) in [4.78, 5) is 11.1. The van der Waals surface area contributed by atoms with Gasteiger partial charge in [-0.15, -0.1) is 0 Å². The Morgan fingerprint density at radius 3 is 3.00 bits per heavy atom. The summed E-state index contributed by atoms with van der Waals surface area (Å²) >= 11 is 0. The number of benzene rings is 1. The molecule has 1 N–H and O–H groups in total. The van der Waals surface area contributed by atoms with Crippen LogP contribution >= 0.6 is 0 Å². The zero-order valence-corrected chi connectivity index (χ0v) is 8.82. The van der Waals surface area contributed by atoms with Crippen molar-refractivity contribution in [2.24, 2.45) is 0 Å². The lowest BCUT2D eigenvalue weighted by Gasteiger charge is -2.14. The maximum Gasteiger partial charge on any atom is 0.235 e. The molecule has 2 fully saturated rings. The summed E-state index contributed by atoms with van der Waals surface area (Å²) in [7, 11) is 0. The summed E-state index contributed by atoms with van der Waals surface area (Å²) in [5.41, 5.74) is 3.86. The predicted octanol–water partition coefficient (Wildman–Crippen LogP) is 1.42. The molecule has 1 aliphatic carbocycles. The van der Waals surface area contributed by atoms with Gasteiger partial charge in [0.15, 0.2) is 0 Å².